The Morgan fingerprint density at radius 1 is 0.682 bits per heavy atom. The lowest BCUT2D eigenvalue weighted by Crippen LogP contribution is -1.91. The lowest BCUT2D eigenvalue weighted by atomic mass is 10.3. The van der Waals surface area contributed by atoms with E-state index in [-0.39, 0.29) is 0 Å². The first kappa shape index (κ1) is 13.7. The average Bonchev–Trinajstić information content (AvgIpc) is 3.04. The molecular weight excluding hydrogens is 312 g/mol. The lowest BCUT2D eigenvalue weighted by molar-refractivity contribution is 0.814. The van der Waals surface area contributed by atoms with Crippen molar-refractivity contribution in [1.29, 1.82) is 0 Å². The van der Waals surface area contributed by atoms with Gasteiger partial charge in [-0.05, 0) is 45.9 Å². The summed E-state index contributed by atoms with van der Waals surface area (Å²) < 4.78 is 4.24. The molecule has 110 valence electrons. The van der Waals surface area contributed by atoms with Gasteiger partial charge in [0, 0.05) is 14.1 Å². The zero-order valence-electron chi connectivity index (χ0n) is 12.2. The SMILES string of the molecule is Cn1c(SSc2nc3ccccc3n2C)nc2ccccc21. The topological polar surface area (TPSA) is 35.6 Å². The predicted octanol–water partition coefficient (Wildman–Crippen LogP) is 4.26. The Labute approximate surface area is 136 Å². The van der Waals surface area contributed by atoms with Gasteiger partial charge in [-0.25, -0.2) is 9.97 Å². The van der Waals surface area contributed by atoms with Gasteiger partial charge < -0.3 is 9.13 Å². The Bertz CT molecular complexity index is 891. The van der Waals surface area contributed by atoms with Crippen molar-refractivity contribution in [3.05, 3.63) is 48.5 Å². The molecule has 0 N–H and O–H groups in total. The minimum Gasteiger partial charge on any atom is -0.321 e. The van der Waals surface area contributed by atoms with E-state index in [9.17, 15) is 0 Å². The van der Waals surface area contributed by atoms with E-state index in [4.69, 9.17) is 0 Å². The minimum absolute atomic E-state index is 0.984. The molecule has 2 aromatic heterocycles. The van der Waals surface area contributed by atoms with E-state index in [2.05, 4.69) is 31.2 Å². The Hall–Kier alpha value is -1.92. The quantitative estimate of drug-likeness (QED) is 0.527. The van der Waals surface area contributed by atoms with Crippen LogP contribution in [0.25, 0.3) is 22.1 Å². The molecular formula is C16H14N4S2. The smallest absolute Gasteiger partial charge is 0.180 e. The van der Waals surface area contributed by atoms with Gasteiger partial charge in [0.1, 0.15) is 0 Å². The van der Waals surface area contributed by atoms with E-state index in [1.54, 1.807) is 21.6 Å². The van der Waals surface area contributed by atoms with Gasteiger partial charge >= 0.3 is 0 Å². The van der Waals surface area contributed by atoms with Crippen molar-refractivity contribution in [3.63, 3.8) is 0 Å². The number of benzene rings is 2. The molecule has 0 aliphatic rings. The van der Waals surface area contributed by atoms with E-state index < -0.39 is 0 Å². The number of imidazole rings is 2. The van der Waals surface area contributed by atoms with Crippen molar-refractivity contribution in [2.24, 2.45) is 14.1 Å². The lowest BCUT2D eigenvalue weighted by Gasteiger charge is -2.02. The summed E-state index contributed by atoms with van der Waals surface area (Å²) in [5.74, 6) is 0. The number of hydrogen-bond acceptors (Lipinski definition) is 4. The maximum absolute atomic E-state index is 4.68. The highest BCUT2D eigenvalue weighted by Crippen LogP contribution is 2.38. The van der Waals surface area contributed by atoms with Gasteiger partial charge in [0.15, 0.2) is 10.3 Å². The molecule has 0 bridgehead atoms. The number of aryl methyl sites for hydroxylation is 2. The number of para-hydroxylation sites is 4. The van der Waals surface area contributed by atoms with Crippen molar-refractivity contribution < 1.29 is 0 Å². The van der Waals surface area contributed by atoms with Crippen LogP contribution in [0.15, 0.2) is 58.8 Å². The van der Waals surface area contributed by atoms with E-state index in [0.29, 0.717) is 0 Å². The third-order valence-electron chi connectivity index (χ3n) is 3.68. The van der Waals surface area contributed by atoms with Crippen LogP contribution in [0.2, 0.25) is 0 Å². The molecule has 0 spiro atoms. The van der Waals surface area contributed by atoms with Gasteiger partial charge in [0.05, 0.1) is 22.1 Å². The van der Waals surface area contributed by atoms with Crippen molar-refractivity contribution in [2.45, 2.75) is 10.3 Å². The molecule has 0 aliphatic carbocycles. The predicted molar refractivity (Wildman–Crippen MR) is 93.1 cm³/mol. The van der Waals surface area contributed by atoms with Crippen LogP contribution in [-0.4, -0.2) is 19.1 Å². The van der Waals surface area contributed by atoms with Crippen molar-refractivity contribution in [1.82, 2.24) is 19.1 Å². The van der Waals surface area contributed by atoms with Crippen LogP contribution >= 0.6 is 21.6 Å². The summed E-state index contributed by atoms with van der Waals surface area (Å²) >= 11 is 0. The Morgan fingerprint density at radius 2 is 1.09 bits per heavy atom. The molecule has 0 radical (unpaired) electrons. The van der Waals surface area contributed by atoms with Crippen LogP contribution in [-0.2, 0) is 14.1 Å². The second kappa shape index (κ2) is 5.37. The largest absolute Gasteiger partial charge is 0.321 e. The maximum Gasteiger partial charge on any atom is 0.180 e. The third-order valence-corrected chi connectivity index (χ3v) is 5.94. The summed E-state index contributed by atoms with van der Waals surface area (Å²) in [5, 5.41) is 1.97. The molecule has 0 unspecified atom stereocenters. The molecule has 4 rings (SSSR count). The molecule has 2 aromatic carbocycles. The molecule has 0 saturated carbocycles. The van der Waals surface area contributed by atoms with E-state index in [0.717, 1.165) is 32.4 Å². The summed E-state index contributed by atoms with van der Waals surface area (Å²) in [7, 11) is 7.38. The highest BCUT2D eigenvalue weighted by atomic mass is 33.1. The van der Waals surface area contributed by atoms with Gasteiger partial charge in [0.2, 0.25) is 0 Å². The normalized spacial score (nSPS) is 11.5. The Morgan fingerprint density at radius 3 is 1.50 bits per heavy atom. The van der Waals surface area contributed by atoms with Gasteiger partial charge in [-0.1, -0.05) is 24.3 Å². The van der Waals surface area contributed by atoms with E-state index in [1.807, 2.05) is 50.5 Å². The molecule has 0 fully saturated rings. The van der Waals surface area contributed by atoms with Crippen LogP contribution in [0.4, 0.5) is 0 Å². The molecule has 0 aliphatic heterocycles. The molecule has 4 aromatic rings. The highest BCUT2D eigenvalue weighted by Gasteiger charge is 2.12. The zero-order chi connectivity index (χ0) is 15.1. The molecule has 0 atom stereocenters. The van der Waals surface area contributed by atoms with Crippen LogP contribution in [0, 0.1) is 0 Å². The first-order chi connectivity index (χ1) is 10.7. The summed E-state index contributed by atoms with van der Waals surface area (Å²) in [6.45, 7) is 0. The third kappa shape index (κ3) is 2.19. The highest BCUT2D eigenvalue weighted by molar-refractivity contribution is 8.76. The van der Waals surface area contributed by atoms with Gasteiger partial charge in [-0.2, -0.15) is 0 Å². The average molecular weight is 326 g/mol. The number of nitrogens with zero attached hydrogens (tertiary/aromatic N) is 4. The number of aromatic nitrogens is 4. The fourth-order valence-corrected chi connectivity index (χ4v) is 4.65. The van der Waals surface area contributed by atoms with Crippen LogP contribution in [0.5, 0.6) is 0 Å². The fraction of sp³-hybridized carbons (Fsp3) is 0.125. The molecule has 4 nitrogen and oxygen atoms in total. The minimum atomic E-state index is 0.984. The maximum atomic E-state index is 4.68. The fourth-order valence-electron chi connectivity index (χ4n) is 2.47. The summed E-state index contributed by atoms with van der Waals surface area (Å²) in [6.07, 6.45) is 0. The zero-order valence-corrected chi connectivity index (χ0v) is 13.9. The molecule has 0 saturated heterocycles. The number of hydrogen-bond donors (Lipinski definition) is 0. The van der Waals surface area contributed by atoms with E-state index in [1.165, 1.54) is 0 Å². The van der Waals surface area contributed by atoms with Crippen molar-refractivity contribution in [3.8, 4) is 0 Å². The van der Waals surface area contributed by atoms with Crippen molar-refractivity contribution >= 4 is 43.7 Å². The Balaban J connectivity index is 1.65. The second-order valence-corrected chi connectivity index (χ2v) is 7.11. The monoisotopic (exact) mass is 326 g/mol. The van der Waals surface area contributed by atoms with E-state index >= 15 is 0 Å². The summed E-state index contributed by atoms with van der Waals surface area (Å²) in [6, 6.07) is 16.4. The second-order valence-electron chi connectivity index (χ2n) is 5.05. The van der Waals surface area contributed by atoms with Crippen molar-refractivity contribution in [2.75, 3.05) is 0 Å². The first-order valence-corrected chi connectivity index (χ1v) is 9.06. The molecule has 6 heteroatoms. The molecule has 2 heterocycles. The van der Waals surface area contributed by atoms with Crippen LogP contribution < -0.4 is 0 Å². The van der Waals surface area contributed by atoms with Crippen LogP contribution in [0.1, 0.15) is 0 Å². The number of rotatable bonds is 3. The molecule has 22 heavy (non-hydrogen) atoms. The van der Waals surface area contributed by atoms with Gasteiger partial charge in [-0.3, -0.25) is 0 Å². The summed E-state index contributed by atoms with van der Waals surface area (Å²) in [5.41, 5.74) is 4.35. The van der Waals surface area contributed by atoms with Gasteiger partial charge in [-0.15, -0.1) is 0 Å². The van der Waals surface area contributed by atoms with Gasteiger partial charge in [0.25, 0.3) is 0 Å². The Kier molecular flexibility index (Phi) is 3.35. The summed E-state index contributed by atoms with van der Waals surface area (Å²) in [4.78, 5) is 9.36. The molecule has 0 amide bonds. The first-order valence-electron chi connectivity index (χ1n) is 6.91. The standard InChI is InChI=1S/C16H14N4S2/c1-19-13-9-5-3-7-11(13)17-15(19)21-22-16-18-12-8-4-6-10-14(12)20(16)2/h3-10H,1-2H3. The number of fused-ring (bicyclic) bond motifs is 2. The van der Waals surface area contributed by atoms with Crippen LogP contribution in [0.3, 0.4) is 0 Å².